The molecule has 0 unspecified atom stereocenters. The highest BCUT2D eigenvalue weighted by molar-refractivity contribution is 7.26. The molecule has 0 radical (unpaired) electrons. The maximum absolute atomic E-state index is 2.71. The summed E-state index contributed by atoms with van der Waals surface area (Å²) in [6.07, 6.45) is 0. The second-order valence-corrected chi connectivity index (χ2v) is 23.0. The van der Waals surface area contributed by atoms with Crippen LogP contribution in [0.15, 0.2) is 140 Å². The molecule has 0 saturated carbocycles. The molecule has 0 N–H and O–H groups in total. The van der Waals surface area contributed by atoms with Crippen molar-refractivity contribution in [2.24, 2.45) is 0 Å². The monoisotopic (exact) mass is 848 g/mol. The van der Waals surface area contributed by atoms with E-state index in [0.717, 1.165) is 0 Å². The van der Waals surface area contributed by atoms with Gasteiger partial charge in [0, 0.05) is 93.9 Å². The maximum atomic E-state index is 2.71. The van der Waals surface area contributed by atoms with Gasteiger partial charge in [0.05, 0.1) is 11.0 Å². The van der Waals surface area contributed by atoms with Crippen LogP contribution in [0.1, 0.15) is 52.7 Å². The Morgan fingerprint density at radius 1 is 0.419 bits per heavy atom. The summed E-state index contributed by atoms with van der Waals surface area (Å²) < 4.78 is 10.7. The Labute approximate surface area is 372 Å². The number of thiophene rings is 3. The Morgan fingerprint density at radius 3 is 1.73 bits per heavy atom. The number of aromatic nitrogens is 1. The largest absolute Gasteiger partial charge is 0.376 e. The topological polar surface area (TPSA) is 8.17 Å². The molecule has 12 aromatic rings. The van der Waals surface area contributed by atoms with E-state index in [0.29, 0.717) is 0 Å². The maximum Gasteiger partial charge on any atom is 0.333 e. The lowest BCUT2D eigenvalue weighted by Crippen LogP contribution is -2.60. The van der Waals surface area contributed by atoms with E-state index in [1.165, 1.54) is 133 Å². The number of rotatable bonds is 1. The van der Waals surface area contributed by atoms with E-state index < -0.39 is 0 Å². The Bertz CT molecular complexity index is 3960. The standard InChI is InChI=1S/C56H41BN2S3/c1-55(2,3)30-15-18-32(19-16-30)59-45-29-52-41(39-23-31(56(4,5)6)17-22-49(39)62-52)24-37(45)35-20-21-36-38-25-40-33-11-7-9-13-47(33)61-51(40)28-44(38)58-46-26-42-34-12-8-10-14-48(34)60-50(42)27-43(46)57(59)53(35)54(36)58/h7-29H,1-6H3. The van der Waals surface area contributed by atoms with Crippen molar-refractivity contribution in [2.45, 2.75) is 52.4 Å². The van der Waals surface area contributed by atoms with Gasteiger partial charge in [-0.3, -0.25) is 0 Å². The van der Waals surface area contributed by atoms with Gasteiger partial charge in [0.15, 0.2) is 0 Å². The van der Waals surface area contributed by atoms with Gasteiger partial charge in [-0.05, 0) is 111 Å². The molecule has 14 rings (SSSR count). The summed E-state index contributed by atoms with van der Waals surface area (Å²) >= 11 is 5.76. The molecule has 2 aliphatic rings. The number of nitrogens with zero attached hydrogens (tertiary/aromatic N) is 2. The number of hydrogen-bond acceptors (Lipinski definition) is 4. The fourth-order valence-electron chi connectivity index (χ4n) is 11.0. The van der Waals surface area contributed by atoms with E-state index in [9.17, 15) is 0 Å². The lowest BCUT2D eigenvalue weighted by molar-refractivity contribution is 0.590. The molecule has 6 heterocycles. The highest BCUT2D eigenvalue weighted by Crippen LogP contribution is 2.50. The second-order valence-electron chi connectivity index (χ2n) is 19.7. The van der Waals surface area contributed by atoms with Crippen LogP contribution in [0.25, 0.3) is 99.1 Å². The molecule has 0 spiro atoms. The molecule has 296 valence electrons. The van der Waals surface area contributed by atoms with Gasteiger partial charge >= 0.3 is 6.85 Å². The number of anilines is 2. The third kappa shape index (κ3) is 4.70. The molecule has 62 heavy (non-hydrogen) atoms. The van der Waals surface area contributed by atoms with Crippen LogP contribution in [0.3, 0.4) is 0 Å². The van der Waals surface area contributed by atoms with Gasteiger partial charge in [-0.2, -0.15) is 0 Å². The van der Waals surface area contributed by atoms with Crippen LogP contribution in [0, 0.1) is 0 Å². The molecular weight excluding hydrogens is 808 g/mol. The van der Waals surface area contributed by atoms with Gasteiger partial charge in [-0.25, -0.2) is 0 Å². The predicted octanol–water partition coefficient (Wildman–Crippen LogP) is 15.7. The van der Waals surface area contributed by atoms with Crippen molar-refractivity contribution in [3.05, 3.63) is 151 Å². The lowest BCUT2D eigenvalue weighted by Gasteiger charge is -2.42. The highest BCUT2D eigenvalue weighted by Gasteiger charge is 2.44. The predicted molar refractivity (Wildman–Crippen MR) is 276 cm³/mol. The first-order valence-corrected chi connectivity index (χ1v) is 24.2. The first-order chi connectivity index (χ1) is 30.0. The summed E-state index contributed by atoms with van der Waals surface area (Å²) in [6.45, 7) is 13.9. The average molecular weight is 849 g/mol. The van der Waals surface area contributed by atoms with Crippen molar-refractivity contribution in [1.82, 2.24) is 4.57 Å². The van der Waals surface area contributed by atoms with Gasteiger partial charge in [-0.15, -0.1) is 34.0 Å². The van der Waals surface area contributed by atoms with Crippen molar-refractivity contribution < 1.29 is 0 Å². The Morgan fingerprint density at radius 2 is 1.02 bits per heavy atom. The molecule has 0 atom stereocenters. The molecule has 8 aromatic carbocycles. The van der Waals surface area contributed by atoms with Gasteiger partial charge in [-0.1, -0.05) is 108 Å². The SMILES string of the molecule is CC(C)(C)c1ccc(N2B3c4cc5sc6ccccc6c5cc4-n4c5cc6sc7ccccc7c6cc5c5ccc(c3c54)-c3cc4c(cc32)sc2ccc(C(C)(C)C)cc24)cc1. The summed E-state index contributed by atoms with van der Waals surface area (Å²) in [5.74, 6) is 0. The third-order valence-corrected chi connectivity index (χ3v) is 17.5. The van der Waals surface area contributed by atoms with Crippen LogP contribution in [0.5, 0.6) is 0 Å². The normalized spacial score (nSPS) is 13.9. The molecule has 2 aliphatic heterocycles. The molecule has 0 fully saturated rings. The molecule has 0 bridgehead atoms. The molecule has 2 nitrogen and oxygen atoms in total. The van der Waals surface area contributed by atoms with E-state index >= 15 is 0 Å². The zero-order chi connectivity index (χ0) is 41.6. The number of fused-ring (bicyclic) bond motifs is 17. The van der Waals surface area contributed by atoms with Gasteiger partial charge in [0.1, 0.15) is 0 Å². The summed E-state index contributed by atoms with van der Waals surface area (Å²) in [6, 6.07) is 54.6. The molecule has 6 heteroatoms. The molecule has 0 amide bonds. The van der Waals surface area contributed by atoms with E-state index in [2.05, 4.69) is 190 Å². The summed E-state index contributed by atoms with van der Waals surface area (Å²) in [5, 5.41) is 10.7. The summed E-state index contributed by atoms with van der Waals surface area (Å²) in [5.41, 5.74) is 14.7. The second kappa shape index (κ2) is 12.0. The van der Waals surface area contributed by atoms with Crippen LogP contribution in [0.4, 0.5) is 11.4 Å². The highest BCUT2D eigenvalue weighted by atomic mass is 32.1. The lowest BCUT2D eigenvalue weighted by atomic mass is 9.44. The minimum absolute atomic E-state index is 0.0376. The third-order valence-electron chi connectivity index (χ3n) is 14.1. The van der Waals surface area contributed by atoms with Crippen LogP contribution in [-0.2, 0) is 10.8 Å². The Kier molecular flexibility index (Phi) is 6.88. The fourth-order valence-corrected chi connectivity index (χ4v) is 14.3. The first-order valence-electron chi connectivity index (χ1n) is 21.8. The van der Waals surface area contributed by atoms with Crippen LogP contribution < -0.4 is 15.7 Å². The molecule has 4 aromatic heterocycles. The van der Waals surface area contributed by atoms with Gasteiger partial charge in [0.2, 0.25) is 0 Å². The first kappa shape index (κ1) is 35.7. The van der Waals surface area contributed by atoms with Crippen LogP contribution in [0.2, 0.25) is 0 Å². The van der Waals surface area contributed by atoms with Crippen LogP contribution in [-0.4, -0.2) is 11.4 Å². The minimum Gasteiger partial charge on any atom is -0.376 e. The Hall–Kier alpha value is -5.92. The number of hydrogen-bond donors (Lipinski definition) is 0. The summed E-state index contributed by atoms with van der Waals surface area (Å²) in [4.78, 5) is 2.71. The minimum atomic E-state index is -0.0376. The van der Waals surface area contributed by atoms with Crippen molar-refractivity contribution >= 4 is 145 Å². The zero-order valence-corrected chi connectivity index (χ0v) is 37.9. The van der Waals surface area contributed by atoms with Gasteiger partial charge in [0.25, 0.3) is 0 Å². The van der Waals surface area contributed by atoms with E-state index in [1.54, 1.807) is 0 Å². The smallest absolute Gasteiger partial charge is 0.333 e. The van der Waals surface area contributed by atoms with Crippen molar-refractivity contribution in [1.29, 1.82) is 0 Å². The van der Waals surface area contributed by atoms with Crippen molar-refractivity contribution in [2.75, 3.05) is 4.81 Å². The van der Waals surface area contributed by atoms with E-state index in [4.69, 9.17) is 0 Å². The molecular formula is C56H41BN2S3. The van der Waals surface area contributed by atoms with Crippen LogP contribution >= 0.6 is 34.0 Å². The summed E-state index contributed by atoms with van der Waals surface area (Å²) in [7, 11) is 0. The molecule has 0 saturated heterocycles. The average Bonchev–Trinajstić information content (AvgIpc) is 4.01. The van der Waals surface area contributed by atoms with Crippen molar-refractivity contribution in [3.8, 4) is 16.8 Å². The van der Waals surface area contributed by atoms with E-state index in [1.807, 2.05) is 34.0 Å². The molecule has 0 aliphatic carbocycles. The van der Waals surface area contributed by atoms with E-state index in [-0.39, 0.29) is 17.7 Å². The fraction of sp³-hybridized carbons (Fsp3) is 0.143. The van der Waals surface area contributed by atoms with Crippen molar-refractivity contribution in [3.63, 3.8) is 0 Å². The number of benzene rings is 8. The zero-order valence-electron chi connectivity index (χ0n) is 35.5. The quantitative estimate of drug-likeness (QED) is 0.149. The Balaban J connectivity index is 1.15. The van der Waals surface area contributed by atoms with Gasteiger partial charge < -0.3 is 9.38 Å².